The number of benzene rings is 1. The minimum Gasteiger partial charge on any atom is -0.382 e. The lowest BCUT2D eigenvalue weighted by molar-refractivity contribution is 0.0667. The summed E-state index contributed by atoms with van der Waals surface area (Å²) in [6.07, 6.45) is 7.03. The average Bonchev–Trinajstić information content (AvgIpc) is 3.67. The van der Waals surface area contributed by atoms with E-state index in [-0.39, 0.29) is 11.9 Å². The van der Waals surface area contributed by atoms with E-state index < -0.39 is 5.82 Å². The van der Waals surface area contributed by atoms with Crippen molar-refractivity contribution < 1.29 is 13.9 Å². The second kappa shape index (κ2) is 10.4. The minimum atomic E-state index is -0.493. The van der Waals surface area contributed by atoms with Crippen molar-refractivity contribution in [2.45, 2.75) is 37.8 Å². The van der Waals surface area contributed by atoms with Gasteiger partial charge in [-0.05, 0) is 69.6 Å². The van der Waals surface area contributed by atoms with Crippen molar-refractivity contribution in [3.63, 3.8) is 0 Å². The molecule has 0 saturated carbocycles. The van der Waals surface area contributed by atoms with Crippen molar-refractivity contribution in [1.82, 2.24) is 34.2 Å². The topological polar surface area (TPSA) is 107 Å². The molecule has 39 heavy (non-hydrogen) atoms. The molecule has 2 fully saturated rings. The minimum absolute atomic E-state index is 0.195. The molecule has 204 valence electrons. The molecule has 2 aliphatic heterocycles. The molecule has 0 bridgehead atoms. The summed E-state index contributed by atoms with van der Waals surface area (Å²) in [6, 6.07) is 8.80. The van der Waals surface area contributed by atoms with Crippen molar-refractivity contribution >= 4 is 17.2 Å². The van der Waals surface area contributed by atoms with Crippen LogP contribution < -0.4 is 5.73 Å². The molecule has 5 heterocycles. The summed E-state index contributed by atoms with van der Waals surface area (Å²) in [4.78, 5) is 21.5. The molecule has 0 aliphatic carbocycles. The van der Waals surface area contributed by atoms with E-state index in [2.05, 4.69) is 27.1 Å². The number of amides is 1. The van der Waals surface area contributed by atoms with Gasteiger partial charge in [-0.2, -0.15) is 10.2 Å². The first-order valence-electron chi connectivity index (χ1n) is 13.4. The maximum absolute atomic E-state index is 15.0. The number of nitrogens with zero attached hydrogens (tertiary/aromatic N) is 7. The third-order valence-electron chi connectivity index (χ3n) is 8.01. The number of hydrogen-bond acceptors (Lipinski definition) is 7. The smallest absolute Gasteiger partial charge is 0.253 e. The molecule has 0 radical (unpaired) electrons. The number of aromatic nitrogens is 5. The number of carbonyl (C=O) groups is 1. The maximum atomic E-state index is 15.0. The fourth-order valence-corrected chi connectivity index (χ4v) is 5.91. The number of nitrogen functional groups attached to an aromatic ring is 1. The Morgan fingerprint density at radius 3 is 2.74 bits per heavy atom. The number of anilines is 1. The first-order valence-corrected chi connectivity index (χ1v) is 13.4. The SMILES string of the molecule is CN(CC1CCCN1C)C(=O)c1cc(F)cc(-c2cc(-c3ccnn3C3CCOCC3)c3c(N)ncnn23)c1. The highest BCUT2D eigenvalue weighted by Gasteiger charge is 2.26. The molecule has 1 atom stereocenters. The molecule has 2 N–H and O–H groups in total. The Labute approximate surface area is 226 Å². The van der Waals surface area contributed by atoms with Gasteiger partial charge in [0.25, 0.3) is 5.91 Å². The van der Waals surface area contributed by atoms with Crippen LogP contribution in [0.5, 0.6) is 0 Å². The second-order valence-electron chi connectivity index (χ2n) is 10.5. The molecule has 1 amide bonds. The Kier molecular flexibility index (Phi) is 6.78. The van der Waals surface area contributed by atoms with Gasteiger partial charge >= 0.3 is 0 Å². The zero-order valence-corrected chi connectivity index (χ0v) is 22.3. The van der Waals surface area contributed by atoms with E-state index in [1.165, 1.54) is 18.5 Å². The quantitative estimate of drug-likeness (QED) is 0.405. The Balaban J connectivity index is 1.40. The molecule has 2 saturated heterocycles. The van der Waals surface area contributed by atoms with Crippen molar-refractivity contribution in [2.75, 3.05) is 46.1 Å². The third kappa shape index (κ3) is 4.76. The van der Waals surface area contributed by atoms with Gasteiger partial charge in [0.1, 0.15) is 17.7 Å². The normalized spacial score (nSPS) is 18.7. The van der Waals surface area contributed by atoms with Crippen LogP contribution in [0, 0.1) is 5.82 Å². The van der Waals surface area contributed by atoms with Crippen molar-refractivity contribution in [2.24, 2.45) is 0 Å². The second-order valence-corrected chi connectivity index (χ2v) is 10.5. The van der Waals surface area contributed by atoms with Gasteiger partial charge in [-0.15, -0.1) is 0 Å². The van der Waals surface area contributed by atoms with E-state index in [4.69, 9.17) is 10.5 Å². The number of nitrogens with two attached hydrogens (primary N) is 1. The maximum Gasteiger partial charge on any atom is 0.253 e. The zero-order valence-electron chi connectivity index (χ0n) is 22.3. The van der Waals surface area contributed by atoms with Gasteiger partial charge in [0, 0.05) is 55.7 Å². The van der Waals surface area contributed by atoms with Crippen LogP contribution in [0.15, 0.2) is 42.9 Å². The molecule has 11 heteroatoms. The van der Waals surface area contributed by atoms with Crippen molar-refractivity contribution in [1.29, 1.82) is 0 Å². The summed E-state index contributed by atoms with van der Waals surface area (Å²) >= 11 is 0. The number of halogens is 1. The van der Waals surface area contributed by atoms with Crippen molar-refractivity contribution in [3.05, 3.63) is 54.2 Å². The van der Waals surface area contributed by atoms with E-state index in [0.29, 0.717) is 54.0 Å². The van der Waals surface area contributed by atoms with Crippen LogP contribution in [0.1, 0.15) is 42.1 Å². The Morgan fingerprint density at radius 2 is 1.97 bits per heavy atom. The van der Waals surface area contributed by atoms with Crippen LogP contribution in [0.3, 0.4) is 0 Å². The fraction of sp³-hybridized carbons (Fsp3) is 0.429. The predicted octanol–water partition coefficient (Wildman–Crippen LogP) is 3.50. The van der Waals surface area contributed by atoms with E-state index in [1.807, 2.05) is 16.8 Å². The molecule has 1 aromatic carbocycles. The molecule has 4 aromatic rings. The predicted molar refractivity (Wildman–Crippen MR) is 146 cm³/mol. The molecule has 3 aromatic heterocycles. The van der Waals surface area contributed by atoms with Gasteiger partial charge in [0.05, 0.1) is 17.4 Å². The van der Waals surface area contributed by atoms with Gasteiger partial charge < -0.3 is 20.3 Å². The van der Waals surface area contributed by atoms with E-state index in [9.17, 15) is 9.18 Å². The number of hydrogen-bond donors (Lipinski definition) is 1. The van der Waals surface area contributed by atoms with Crippen molar-refractivity contribution in [3.8, 4) is 22.5 Å². The van der Waals surface area contributed by atoms with Gasteiger partial charge in [0.15, 0.2) is 5.82 Å². The standard InChI is InChI=1S/C28H33FN8O2/c1-34-9-3-4-22(34)16-35(2)28(38)19-12-18(13-20(29)14-19)25-15-23(26-27(30)31-17-33-37(25)26)24-5-8-32-36(24)21-6-10-39-11-7-21/h5,8,12-15,17,21-22H,3-4,6-7,9-11,16H2,1-2H3,(H2,30,31,33). The van der Waals surface area contributed by atoms with E-state index in [1.54, 1.807) is 28.7 Å². The Hall–Kier alpha value is -3.83. The highest BCUT2D eigenvalue weighted by Crippen LogP contribution is 2.37. The van der Waals surface area contributed by atoms with Crippen LogP contribution in [0.25, 0.3) is 28.0 Å². The summed E-state index contributed by atoms with van der Waals surface area (Å²) < 4.78 is 24.2. The fourth-order valence-electron chi connectivity index (χ4n) is 5.91. The molecular weight excluding hydrogens is 499 g/mol. The van der Waals surface area contributed by atoms with Gasteiger partial charge in [-0.3, -0.25) is 9.48 Å². The Morgan fingerprint density at radius 1 is 1.15 bits per heavy atom. The lowest BCUT2D eigenvalue weighted by Crippen LogP contribution is -2.39. The summed E-state index contributed by atoms with van der Waals surface area (Å²) in [7, 11) is 3.85. The highest BCUT2D eigenvalue weighted by molar-refractivity contribution is 5.96. The van der Waals surface area contributed by atoms with Gasteiger partial charge in [0.2, 0.25) is 0 Å². The lowest BCUT2D eigenvalue weighted by atomic mass is 10.0. The summed E-state index contributed by atoms with van der Waals surface area (Å²) in [5.74, 6) is -0.407. The zero-order chi connectivity index (χ0) is 27.1. The van der Waals surface area contributed by atoms with E-state index in [0.717, 1.165) is 43.5 Å². The monoisotopic (exact) mass is 532 g/mol. The molecule has 1 unspecified atom stereocenters. The van der Waals surface area contributed by atoms with Crippen LogP contribution in [-0.2, 0) is 4.74 Å². The molecule has 0 spiro atoms. The highest BCUT2D eigenvalue weighted by atomic mass is 19.1. The number of carbonyl (C=O) groups excluding carboxylic acids is 1. The van der Waals surface area contributed by atoms with Gasteiger partial charge in [-0.1, -0.05) is 0 Å². The summed E-state index contributed by atoms with van der Waals surface area (Å²) in [6.45, 7) is 2.99. The number of likely N-dealkylation sites (tertiary alicyclic amines) is 1. The molecular formula is C28H33FN8O2. The van der Waals surface area contributed by atoms with E-state index >= 15 is 0 Å². The summed E-state index contributed by atoms with van der Waals surface area (Å²) in [5.41, 5.74) is 10.1. The molecule has 6 rings (SSSR count). The largest absolute Gasteiger partial charge is 0.382 e. The van der Waals surface area contributed by atoms with Crippen LogP contribution >= 0.6 is 0 Å². The van der Waals surface area contributed by atoms with Crippen LogP contribution in [0.2, 0.25) is 0 Å². The number of ether oxygens (including phenoxy) is 1. The third-order valence-corrected chi connectivity index (χ3v) is 8.01. The molecule has 10 nitrogen and oxygen atoms in total. The van der Waals surface area contributed by atoms with Crippen LogP contribution in [0.4, 0.5) is 10.2 Å². The first kappa shape index (κ1) is 25.4. The van der Waals surface area contributed by atoms with Gasteiger partial charge in [-0.25, -0.2) is 13.9 Å². The Bertz CT molecular complexity index is 1510. The number of likely N-dealkylation sites (N-methyl/N-ethyl adjacent to an activating group) is 2. The lowest BCUT2D eigenvalue weighted by Gasteiger charge is -2.26. The average molecular weight is 533 g/mol. The first-order chi connectivity index (χ1) is 18.9. The number of fused-ring (bicyclic) bond motifs is 1. The molecule has 2 aliphatic rings. The van der Waals surface area contributed by atoms with Crippen LogP contribution in [-0.4, -0.2) is 86.5 Å². The summed E-state index contributed by atoms with van der Waals surface area (Å²) in [5, 5.41) is 9.07. The number of rotatable bonds is 6.